The van der Waals surface area contributed by atoms with Crippen LogP contribution in [0.25, 0.3) is 0 Å². The molecule has 0 nitrogen and oxygen atoms in total. The van der Waals surface area contributed by atoms with E-state index in [-0.39, 0.29) is 0 Å². The zero-order valence-corrected chi connectivity index (χ0v) is 17.2. The maximum Gasteiger partial charge on any atom is 0.409 e. The van der Waals surface area contributed by atoms with Crippen molar-refractivity contribution in [3.8, 4) is 0 Å². The van der Waals surface area contributed by atoms with Gasteiger partial charge in [0.1, 0.15) is 0 Å². The fourth-order valence-electron chi connectivity index (χ4n) is 2.03. The molecular weight excluding hydrogens is 457 g/mol. The highest BCUT2D eigenvalue weighted by Crippen LogP contribution is 2.23. The molecule has 0 amide bonds. The van der Waals surface area contributed by atoms with Gasteiger partial charge in [-0.05, 0) is 30.1 Å². The minimum Gasteiger partial charge on any atom is -0.171 e. The molecule has 0 aromatic heterocycles. The van der Waals surface area contributed by atoms with Crippen LogP contribution in [0, 0.1) is 0 Å². The topological polar surface area (TPSA) is 0 Å². The summed E-state index contributed by atoms with van der Waals surface area (Å²) in [5.74, 6) is 0. The molecule has 152 valence electrons. The second-order valence-electron chi connectivity index (χ2n) is 5.97. The van der Waals surface area contributed by atoms with E-state index in [4.69, 9.17) is 0 Å². The van der Waals surface area contributed by atoms with E-state index in [1.54, 1.807) is 0 Å². The highest BCUT2D eigenvalue weighted by molar-refractivity contribution is 14.1. The lowest BCUT2D eigenvalue weighted by Gasteiger charge is -2.05. The standard InChI is InChI=1S/C9H16F3I.C9H15F3/c10-9(11,12)7-5-3-1-2-4-6-8-13;1-2-3-4-5-6-7-8-9(10,11)12/h1-8H2;7-8H,2-6H2,1H3. The van der Waals surface area contributed by atoms with E-state index >= 15 is 0 Å². The number of alkyl halides is 7. The van der Waals surface area contributed by atoms with Crippen LogP contribution in [0.2, 0.25) is 0 Å². The van der Waals surface area contributed by atoms with Crippen LogP contribution >= 0.6 is 22.6 Å². The van der Waals surface area contributed by atoms with Gasteiger partial charge in [0.05, 0.1) is 0 Å². The lowest BCUT2D eigenvalue weighted by molar-refractivity contribution is -0.135. The Morgan fingerprint density at radius 1 is 0.720 bits per heavy atom. The predicted octanol–water partition coefficient (Wildman–Crippen LogP) is 8.79. The summed E-state index contributed by atoms with van der Waals surface area (Å²) in [6.45, 7) is 2.07. The zero-order chi connectivity index (χ0) is 19.6. The molecule has 0 aromatic carbocycles. The van der Waals surface area contributed by atoms with Crippen LogP contribution in [0.3, 0.4) is 0 Å². The molecule has 0 atom stereocenters. The number of hydrogen-bond donors (Lipinski definition) is 0. The molecule has 0 aliphatic heterocycles. The number of rotatable bonds is 12. The number of halogens is 7. The summed E-state index contributed by atoms with van der Waals surface area (Å²) in [6, 6.07) is 0. The number of allylic oxidation sites excluding steroid dienone is 2. The van der Waals surface area contributed by atoms with Gasteiger partial charge in [-0.25, -0.2) is 0 Å². The first-order valence-electron chi connectivity index (χ1n) is 8.99. The van der Waals surface area contributed by atoms with Gasteiger partial charge in [0.2, 0.25) is 0 Å². The van der Waals surface area contributed by atoms with Crippen molar-refractivity contribution in [2.75, 3.05) is 4.43 Å². The molecule has 0 aliphatic rings. The lowest BCUT2D eigenvalue weighted by atomic mass is 10.1. The monoisotopic (exact) mass is 488 g/mol. The summed E-state index contributed by atoms with van der Waals surface area (Å²) in [7, 11) is 0. The summed E-state index contributed by atoms with van der Waals surface area (Å²) in [6.07, 6.45) is 2.89. The number of hydrogen-bond acceptors (Lipinski definition) is 0. The van der Waals surface area contributed by atoms with Crippen LogP contribution in [0.4, 0.5) is 26.3 Å². The fourth-order valence-corrected chi connectivity index (χ4v) is 2.57. The van der Waals surface area contributed by atoms with Crippen LogP contribution in [-0.4, -0.2) is 16.8 Å². The Labute approximate surface area is 162 Å². The second kappa shape index (κ2) is 17.5. The smallest absolute Gasteiger partial charge is 0.171 e. The van der Waals surface area contributed by atoms with Gasteiger partial charge in [-0.15, -0.1) is 0 Å². The van der Waals surface area contributed by atoms with Crippen molar-refractivity contribution >= 4 is 22.6 Å². The Bertz CT molecular complexity index is 297. The Kier molecular flexibility index (Phi) is 19.0. The summed E-state index contributed by atoms with van der Waals surface area (Å²) in [5.41, 5.74) is 0. The average Bonchev–Trinajstić information content (AvgIpc) is 2.48. The molecule has 0 aromatic rings. The van der Waals surface area contributed by atoms with E-state index < -0.39 is 18.8 Å². The van der Waals surface area contributed by atoms with E-state index in [2.05, 4.69) is 29.5 Å². The highest BCUT2D eigenvalue weighted by Gasteiger charge is 2.25. The molecule has 7 heteroatoms. The summed E-state index contributed by atoms with van der Waals surface area (Å²) < 4.78 is 70.8. The third-order valence-corrected chi connectivity index (χ3v) is 4.14. The van der Waals surface area contributed by atoms with Crippen molar-refractivity contribution in [3.05, 3.63) is 12.2 Å². The van der Waals surface area contributed by atoms with Crippen molar-refractivity contribution in [3.63, 3.8) is 0 Å². The maximum atomic E-state index is 11.7. The van der Waals surface area contributed by atoms with E-state index in [1.165, 1.54) is 12.5 Å². The molecule has 0 radical (unpaired) electrons. The van der Waals surface area contributed by atoms with Gasteiger partial charge in [-0.1, -0.05) is 80.5 Å². The van der Waals surface area contributed by atoms with E-state index in [0.29, 0.717) is 18.9 Å². The Morgan fingerprint density at radius 2 is 1.24 bits per heavy atom. The van der Waals surface area contributed by atoms with Gasteiger partial charge in [-0.2, -0.15) is 26.3 Å². The Morgan fingerprint density at radius 3 is 1.72 bits per heavy atom. The fraction of sp³-hybridized carbons (Fsp3) is 0.889. The Hall–Kier alpha value is 0.0500. The minimum absolute atomic E-state index is 0.299. The van der Waals surface area contributed by atoms with Crippen LogP contribution in [0.1, 0.15) is 84.0 Å². The SMILES string of the molecule is CCCCCCC=CC(F)(F)F.FC(F)(F)CCCCCCCCI. The Balaban J connectivity index is 0. The van der Waals surface area contributed by atoms with E-state index in [0.717, 1.165) is 55.8 Å². The molecule has 0 unspecified atom stereocenters. The molecule has 0 N–H and O–H groups in total. The van der Waals surface area contributed by atoms with Gasteiger partial charge in [0.15, 0.2) is 0 Å². The molecule has 0 bridgehead atoms. The van der Waals surface area contributed by atoms with Crippen molar-refractivity contribution in [1.29, 1.82) is 0 Å². The van der Waals surface area contributed by atoms with Crippen LogP contribution in [-0.2, 0) is 0 Å². The second-order valence-corrected chi connectivity index (χ2v) is 7.05. The van der Waals surface area contributed by atoms with Crippen LogP contribution < -0.4 is 0 Å². The lowest BCUT2D eigenvalue weighted by Crippen LogP contribution is -2.06. The zero-order valence-electron chi connectivity index (χ0n) is 15.0. The molecule has 0 saturated carbocycles. The summed E-state index contributed by atoms with van der Waals surface area (Å²) in [5, 5.41) is 0. The first-order valence-corrected chi connectivity index (χ1v) is 10.5. The van der Waals surface area contributed by atoms with Crippen molar-refractivity contribution < 1.29 is 26.3 Å². The van der Waals surface area contributed by atoms with Gasteiger partial charge >= 0.3 is 12.4 Å². The summed E-state index contributed by atoms with van der Waals surface area (Å²) in [4.78, 5) is 0. The number of unbranched alkanes of at least 4 members (excludes halogenated alkanes) is 9. The maximum absolute atomic E-state index is 11.7. The first kappa shape index (κ1) is 27.3. The first-order chi connectivity index (χ1) is 11.6. The van der Waals surface area contributed by atoms with Gasteiger partial charge in [0, 0.05) is 12.5 Å². The molecule has 0 rings (SSSR count). The third kappa shape index (κ3) is 32.2. The van der Waals surface area contributed by atoms with Crippen LogP contribution in [0.5, 0.6) is 0 Å². The van der Waals surface area contributed by atoms with Gasteiger partial charge in [-0.3, -0.25) is 0 Å². The van der Waals surface area contributed by atoms with E-state index in [1.807, 2.05) is 0 Å². The van der Waals surface area contributed by atoms with Gasteiger partial charge < -0.3 is 0 Å². The average molecular weight is 488 g/mol. The summed E-state index contributed by atoms with van der Waals surface area (Å²) >= 11 is 2.32. The van der Waals surface area contributed by atoms with E-state index in [9.17, 15) is 26.3 Å². The molecule has 0 fully saturated rings. The molecule has 0 spiro atoms. The quantitative estimate of drug-likeness (QED) is 0.0847. The van der Waals surface area contributed by atoms with Crippen molar-refractivity contribution in [1.82, 2.24) is 0 Å². The van der Waals surface area contributed by atoms with Crippen molar-refractivity contribution in [2.24, 2.45) is 0 Å². The normalized spacial score (nSPS) is 12.3. The molecule has 0 heterocycles. The molecule has 0 aliphatic carbocycles. The van der Waals surface area contributed by atoms with Crippen LogP contribution in [0.15, 0.2) is 12.2 Å². The van der Waals surface area contributed by atoms with Crippen molar-refractivity contribution in [2.45, 2.75) is 96.3 Å². The molecular formula is C18H31F6I. The minimum atomic E-state index is -4.13. The molecule has 25 heavy (non-hydrogen) atoms. The predicted molar refractivity (Wildman–Crippen MR) is 101 cm³/mol. The third-order valence-electron chi connectivity index (χ3n) is 3.38. The molecule has 0 saturated heterocycles. The van der Waals surface area contributed by atoms with Gasteiger partial charge in [0.25, 0.3) is 0 Å². The highest BCUT2D eigenvalue weighted by atomic mass is 127. The largest absolute Gasteiger partial charge is 0.409 e.